The number of carbonyl (C=O) groups is 1. The van der Waals surface area contributed by atoms with Crippen molar-refractivity contribution in [2.24, 2.45) is 46.8 Å². The minimum absolute atomic E-state index is 0.113. The van der Waals surface area contributed by atoms with E-state index in [2.05, 4.69) is 25.0 Å². The Hall–Kier alpha value is -1.67. The Morgan fingerprint density at radius 2 is 1.94 bits per heavy atom. The van der Waals surface area contributed by atoms with Gasteiger partial charge in [0.25, 0.3) is 0 Å². The number of aliphatic hydroxyl groups is 1. The molecule has 0 spiro atoms. The van der Waals surface area contributed by atoms with Gasteiger partial charge in [-0.3, -0.25) is 9.48 Å². The summed E-state index contributed by atoms with van der Waals surface area (Å²) in [5, 5.41) is 24.2. The quantitative estimate of drug-likeness (QED) is 0.637. The summed E-state index contributed by atoms with van der Waals surface area (Å²) in [5.74, 6) is 4.68. The Bertz CT molecular complexity index is 949. The molecule has 1 heterocycles. The van der Waals surface area contributed by atoms with Crippen molar-refractivity contribution in [3.8, 4) is 6.07 Å². The highest BCUT2D eigenvalue weighted by Gasteiger charge is 2.70. The van der Waals surface area contributed by atoms with Crippen LogP contribution in [0.3, 0.4) is 0 Å². The molecule has 4 fully saturated rings. The fourth-order valence-electron chi connectivity index (χ4n) is 8.88. The second-order valence-electron chi connectivity index (χ2n) is 12.5. The monoisotopic (exact) mass is 451 g/mol. The molecule has 1 aromatic rings. The molecule has 7 atom stereocenters. The number of rotatable bonds is 6. The number of Topliss-reactive ketones (excluding diaryl/α,β-unsaturated/α-hetero) is 1. The smallest absolute Gasteiger partial charge is 0.158 e. The van der Waals surface area contributed by atoms with E-state index < -0.39 is 5.60 Å². The number of hydrogen-bond donors (Lipinski definition) is 1. The highest BCUT2D eigenvalue weighted by atomic mass is 16.3. The minimum Gasteiger partial charge on any atom is -0.390 e. The van der Waals surface area contributed by atoms with Crippen LogP contribution in [0.25, 0.3) is 0 Å². The molecule has 0 saturated heterocycles. The van der Waals surface area contributed by atoms with Crippen LogP contribution in [0.1, 0.15) is 89.8 Å². The molecule has 0 radical (unpaired) electrons. The molecule has 5 heteroatoms. The first kappa shape index (κ1) is 23.1. The number of nitriles is 1. The number of ketones is 1. The number of hydrogen-bond acceptors (Lipinski definition) is 4. The van der Waals surface area contributed by atoms with E-state index >= 15 is 0 Å². The Morgan fingerprint density at radius 1 is 1.21 bits per heavy atom. The zero-order valence-electron chi connectivity index (χ0n) is 20.9. The van der Waals surface area contributed by atoms with Crippen LogP contribution in [0.4, 0.5) is 0 Å². The molecule has 5 nitrogen and oxygen atoms in total. The topological polar surface area (TPSA) is 78.9 Å². The van der Waals surface area contributed by atoms with E-state index in [0.29, 0.717) is 35.4 Å². The van der Waals surface area contributed by atoms with Gasteiger partial charge in [-0.1, -0.05) is 26.7 Å². The van der Waals surface area contributed by atoms with Crippen LogP contribution in [0.2, 0.25) is 0 Å². The first-order valence-corrected chi connectivity index (χ1v) is 13.4. The summed E-state index contributed by atoms with van der Waals surface area (Å²) >= 11 is 0. The molecular weight excluding hydrogens is 410 g/mol. The molecule has 0 aliphatic heterocycles. The maximum absolute atomic E-state index is 13.7. The van der Waals surface area contributed by atoms with Crippen LogP contribution in [-0.2, 0) is 11.3 Å². The summed E-state index contributed by atoms with van der Waals surface area (Å²) in [6, 6.07) is 2.18. The van der Waals surface area contributed by atoms with E-state index in [4.69, 9.17) is 0 Å². The number of fused-ring (bicyclic) bond motifs is 3. The van der Waals surface area contributed by atoms with Crippen molar-refractivity contribution < 1.29 is 9.90 Å². The SMILES string of the molecule is CCC[C@H]1[C@@H]2[C@@H]3C[C@@H]3[C@H](C(=O)Cn3cc(C#N)c(C)n3)[C@@]2(C)CC[C@@H]1[C@H]1CC[C@@](C)(O)CC1. The van der Waals surface area contributed by atoms with Crippen LogP contribution in [0.5, 0.6) is 0 Å². The highest BCUT2D eigenvalue weighted by Crippen LogP contribution is 2.73. The third-order valence-corrected chi connectivity index (χ3v) is 10.3. The van der Waals surface area contributed by atoms with Crippen molar-refractivity contribution in [1.82, 2.24) is 9.78 Å². The van der Waals surface area contributed by atoms with Gasteiger partial charge in [0.1, 0.15) is 6.07 Å². The Kier molecular flexibility index (Phi) is 5.75. The molecule has 0 amide bonds. The summed E-state index contributed by atoms with van der Waals surface area (Å²) in [5.41, 5.74) is 0.919. The first-order chi connectivity index (χ1) is 15.7. The fourth-order valence-corrected chi connectivity index (χ4v) is 8.88. The van der Waals surface area contributed by atoms with Gasteiger partial charge in [-0.25, -0.2) is 0 Å². The molecule has 5 rings (SSSR count). The number of aryl methyl sites for hydroxylation is 1. The lowest BCUT2D eigenvalue weighted by atomic mass is 9.51. The number of aromatic nitrogens is 2. The van der Waals surface area contributed by atoms with E-state index in [0.717, 1.165) is 49.4 Å². The standard InChI is InChI=1S/C28H41N3O2/c1-5-6-21-20(18-7-10-27(3,33)11-8-18)9-12-28(4)25(21)22-13-23(22)26(28)24(32)16-31-15-19(14-29)17(2)30-31/h15,18,20-23,25-26,33H,5-13,16H2,1-4H3/t18-,20-,21-,22-,23+,25-,26-,27+,28+/m1/s1. The van der Waals surface area contributed by atoms with Crippen molar-refractivity contribution >= 4 is 5.78 Å². The summed E-state index contributed by atoms with van der Waals surface area (Å²) < 4.78 is 1.70. The van der Waals surface area contributed by atoms with E-state index in [1.54, 1.807) is 10.9 Å². The van der Waals surface area contributed by atoms with E-state index in [9.17, 15) is 15.2 Å². The average molecular weight is 452 g/mol. The summed E-state index contributed by atoms with van der Waals surface area (Å²) in [4.78, 5) is 13.7. The molecule has 0 aromatic carbocycles. The van der Waals surface area contributed by atoms with E-state index in [1.807, 2.05) is 13.8 Å². The van der Waals surface area contributed by atoms with Gasteiger partial charge in [-0.15, -0.1) is 0 Å². The maximum Gasteiger partial charge on any atom is 0.158 e. The third kappa shape index (κ3) is 3.87. The molecule has 4 aliphatic carbocycles. The lowest BCUT2D eigenvalue weighted by Crippen LogP contribution is -2.48. The third-order valence-electron chi connectivity index (χ3n) is 10.3. The van der Waals surface area contributed by atoms with Crippen molar-refractivity contribution in [2.75, 3.05) is 0 Å². The summed E-state index contributed by atoms with van der Waals surface area (Å²) in [6.07, 6.45) is 12.1. The van der Waals surface area contributed by atoms with Crippen molar-refractivity contribution in [1.29, 1.82) is 5.26 Å². The first-order valence-electron chi connectivity index (χ1n) is 13.4. The largest absolute Gasteiger partial charge is 0.390 e. The van der Waals surface area contributed by atoms with Gasteiger partial charge in [0.2, 0.25) is 0 Å². The molecule has 1 N–H and O–H groups in total. The normalized spacial score (nSPS) is 44.1. The molecule has 180 valence electrons. The molecule has 4 aliphatic rings. The van der Waals surface area contributed by atoms with Gasteiger partial charge >= 0.3 is 0 Å². The highest BCUT2D eigenvalue weighted by molar-refractivity contribution is 5.83. The van der Waals surface area contributed by atoms with Crippen LogP contribution in [-0.4, -0.2) is 26.3 Å². The van der Waals surface area contributed by atoms with E-state index in [1.165, 1.54) is 32.1 Å². The van der Waals surface area contributed by atoms with Crippen LogP contribution in [0.15, 0.2) is 6.20 Å². The summed E-state index contributed by atoms with van der Waals surface area (Å²) in [7, 11) is 0. The van der Waals surface area contributed by atoms with Crippen LogP contribution < -0.4 is 0 Å². The molecule has 4 saturated carbocycles. The van der Waals surface area contributed by atoms with Gasteiger partial charge in [-0.2, -0.15) is 10.4 Å². The molecule has 33 heavy (non-hydrogen) atoms. The van der Waals surface area contributed by atoms with Crippen molar-refractivity contribution in [3.63, 3.8) is 0 Å². The second-order valence-corrected chi connectivity index (χ2v) is 12.5. The van der Waals surface area contributed by atoms with Crippen LogP contribution >= 0.6 is 0 Å². The minimum atomic E-state index is -0.470. The zero-order chi connectivity index (χ0) is 23.5. The average Bonchev–Trinajstić information content (AvgIpc) is 3.34. The lowest BCUT2D eigenvalue weighted by molar-refractivity contribution is -0.132. The maximum atomic E-state index is 13.7. The Morgan fingerprint density at radius 3 is 2.58 bits per heavy atom. The molecule has 0 bridgehead atoms. The number of nitrogens with zero attached hydrogens (tertiary/aromatic N) is 3. The zero-order valence-corrected chi connectivity index (χ0v) is 20.9. The molecule has 1 aromatic heterocycles. The van der Waals surface area contributed by atoms with E-state index in [-0.39, 0.29) is 11.3 Å². The molecular formula is C28H41N3O2. The fraction of sp³-hybridized carbons (Fsp3) is 0.821. The molecule has 0 unspecified atom stereocenters. The number of carbonyl (C=O) groups excluding carboxylic acids is 1. The predicted molar refractivity (Wildman–Crippen MR) is 127 cm³/mol. The van der Waals surface area contributed by atoms with Gasteiger partial charge in [0.05, 0.1) is 23.4 Å². The van der Waals surface area contributed by atoms with Crippen molar-refractivity contribution in [2.45, 2.75) is 97.6 Å². The predicted octanol–water partition coefficient (Wildman–Crippen LogP) is 5.29. The van der Waals surface area contributed by atoms with Gasteiger partial charge in [0, 0.05) is 12.1 Å². The Balaban J connectivity index is 1.36. The van der Waals surface area contributed by atoms with Gasteiger partial charge < -0.3 is 5.11 Å². The second kappa shape index (κ2) is 8.22. The van der Waals surface area contributed by atoms with Gasteiger partial charge in [-0.05, 0) is 99.7 Å². The lowest BCUT2D eigenvalue weighted by Gasteiger charge is -2.53. The van der Waals surface area contributed by atoms with Crippen molar-refractivity contribution in [3.05, 3.63) is 17.5 Å². The summed E-state index contributed by atoms with van der Waals surface area (Å²) in [6.45, 7) is 8.91. The van der Waals surface area contributed by atoms with Gasteiger partial charge in [0.15, 0.2) is 5.78 Å². The Labute approximate surface area is 198 Å². The van der Waals surface area contributed by atoms with Crippen LogP contribution in [0, 0.1) is 65.1 Å².